The lowest BCUT2D eigenvalue weighted by Crippen LogP contribution is -2.32. The fraction of sp³-hybridized carbons (Fsp3) is 0.643. The molecule has 0 aliphatic carbocycles. The molecule has 0 saturated carbocycles. The standard InChI is InChI=1S/C14H24N2O2/c1-5-6-18-12-7-11(8-16-9-12)13(15)14(17-4)10(2)3/h7-10,13-14H,5-6,15H2,1-4H3. The Kier molecular flexibility index (Phi) is 6.09. The largest absolute Gasteiger partial charge is 0.492 e. The first kappa shape index (κ1) is 14.9. The van der Waals surface area contributed by atoms with Gasteiger partial charge in [-0.25, -0.2) is 0 Å². The average molecular weight is 252 g/mol. The molecular weight excluding hydrogens is 228 g/mol. The lowest BCUT2D eigenvalue weighted by atomic mass is 9.95. The van der Waals surface area contributed by atoms with Crippen molar-refractivity contribution in [3.8, 4) is 5.75 Å². The number of methoxy groups -OCH3 is 1. The fourth-order valence-corrected chi connectivity index (χ4v) is 1.94. The van der Waals surface area contributed by atoms with Gasteiger partial charge in [0.25, 0.3) is 0 Å². The van der Waals surface area contributed by atoms with Crippen LogP contribution in [0.5, 0.6) is 5.75 Å². The van der Waals surface area contributed by atoms with Crippen molar-refractivity contribution in [2.24, 2.45) is 11.7 Å². The van der Waals surface area contributed by atoms with E-state index >= 15 is 0 Å². The Balaban J connectivity index is 2.81. The summed E-state index contributed by atoms with van der Waals surface area (Å²) in [7, 11) is 1.69. The summed E-state index contributed by atoms with van der Waals surface area (Å²) in [6.07, 6.45) is 4.44. The topological polar surface area (TPSA) is 57.4 Å². The van der Waals surface area contributed by atoms with Crippen LogP contribution in [-0.4, -0.2) is 24.8 Å². The van der Waals surface area contributed by atoms with Gasteiger partial charge in [0.15, 0.2) is 0 Å². The average Bonchev–Trinajstić information content (AvgIpc) is 2.37. The van der Waals surface area contributed by atoms with Gasteiger partial charge in [-0.15, -0.1) is 0 Å². The molecule has 18 heavy (non-hydrogen) atoms. The maximum absolute atomic E-state index is 6.23. The Morgan fingerprint density at radius 3 is 2.61 bits per heavy atom. The van der Waals surface area contributed by atoms with Crippen molar-refractivity contribution in [1.82, 2.24) is 4.98 Å². The third-order valence-corrected chi connectivity index (χ3v) is 2.88. The third kappa shape index (κ3) is 3.96. The van der Waals surface area contributed by atoms with E-state index in [9.17, 15) is 0 Å². The molecule has 4 heteroatoms. The monoisotopic (exact) mass is 252 g/mol. The highest BCUT2D eigenvalue weighted by molar-refractivity contribution is 5.26. The van der Waals surface area contributed by atoms with E-state index in [1.807, 2.05) is 6.07 Å². The molecule has 2 N–H and O–H groups in total. The molecular formula is C14H24N2O2. The summed E-state index contributed by atoms with van der Waals surface area (Å²) in [4.78, 5) is 4.17. The van der Waals surface area contributed by atoms with E-state index < -0.39 is 0 Å². The second-order valence-electron chi connectivity index (χ2n) is 4.77. The number of aromatic nitrogens is 1. The lowest BCUT2D eigenvalue weighted by Gasteiger charge is -2.26. The van der Waals surface area contributed by atoms with Crippen LogP contribution in [0.2, 0.25) is 0 Å². The Bertz CT molecular complexity index is 355. The fourth-order valence-electron chi connectivity index (χ4n) is 1.94. The number of ether oxygens (including phenoxy) is 2. The number of nitrogens with zero attached hydrogens (tertiary/aromatic N) is 1. The summed E-state index contributed by atoms with van der Waals surface area (Å²) in [5, 5.41) is 0. The van der Waals surface area contributed by atoms with E-state index in [0.29, 0.717) is 12.5 Å². The molecule has 0 fully saturated rings. The first-order chi connectivity index (χ1) is 8.60. The first-order valence-corrected chi connectivity index (χ1v) is 6.46. The molecule has 0 spiro atoms. The van der Waals surface area contributed by atoms with Gasteiger partial charge in [-0.05, 0) is 24.0 Å². The minimum atomic E-state index is -0.187. The summed E-state index contributed by atoms with van der Waals surface area (Å²) < 4.78 is 11.0. The molecule has 2 atom stereocenters. The molecule has 4 nitrogen and oxygen atoms in total. The van der Waals surface area contributed by atoms with Crippen LogP contribution in [0.15, 0.2) is 18.5 Å². The summed E-state index contributed by atoms with van der Waals surface area (Å²) >= 11 is 0. The summed E-state index contributed by atoms with van der Waals surface area (Å²) in [6.45, 7) is 6.96. The van der Waals surface area contributed by atoms with Gasteiger partial charge in [0.05, 0.1) is 24.9 Å². The van der Waals surface area contributed by atoms with Gasteiger partial charge in [0, 0.05) is 13.3 Å². The van der Waals surface area contributed by atoms with Crippen molar-refractivity contribution < 1.29 is 9.47 Å². The van der Waals surface area contributed by atoms with E-state index in [1.54, 1.807) is 19.5 Å². The Morgan fingerprint density at radius 2 is 2.06 bits per heavy atom. The van der Waals surface area contributed by atoms with Crippen molar-refractivity contribution >= 4 is 0 Å². The van der Waals surface area contributed by atoms with Gasteiger partial charge in [0.2, 0.25) is 0 Å². The van der Waals surface area contributed by atoms with Crippen molar-refractivity contribution in [3.05, 3.63) is 24.0 Å². The highest BCUT2D eigenvalue weighted by atomic mass is 16.5. The zero-order chi connectivity index (χ0) is 13.5. The first-order valence-electron chi connectivity index (χ1n) is 6.46. The van der Waals surface area contributed by atoms with Gasteiger partial charge in [-0.3, -0.25) is 4.98 Å². The zero-order valence-corrected chi connectivity index (χ0v) is 11.7. The molecule has 0 amide bonds. The van der Waals surface area contributed by atoms with Crippen LogP contribution in [0, 0.1) is 5.92 Å². The second-order valence-corrected chi connectivity index (χ2v) is 4.77. The molecule has 1 heterocycles. The van der Waals surface area contributed by atoms with Crippen molar-refractivity contribution in [2.75, 3.05) is 13.7 Å². The summed E-state index contributed by atoms with van der Waals surface area (Å²) in [5.41, 5.74) is 7.18. The van der Waals surface area contributed by atoms with Crippen LogP contribution < -0.4 is 10.5 Å². The molecule has 1 rings (SSSR count). The highest BCUT2D eigenvalue weighted by Gasteiger charge is 2.23. The summed E-state index contributed by atoms with van der Waals surface area (Å²) in [5.74, 6) is 1.12. The van der Waals surface area contributed by atoms with Crippen LogP contribution in [0.25, 0.3) is 0 Å². The predicted molar refractivity (Wildman–Crippen MR) is 72.6 cm³/mol. The smallest absolute Gasteiger partial charge is 0.137 e. The lowest BCUT2D eigenvalue weighted by molar-refractivity contribution is 0.0436. The normalized spacial score (nSPS) is 14.6. The minimum Gasteiger partial charge on any atom is -0.492 e. The van der Waals surface area contributed by atoms with Crippen molar-refractivity contribution in [3.63, 3.8) is 0 Å². The molecule has 0 radical (unpaired) electrons. The van der Waals surface area contributed by atoms with E-state index in [1.165, 1.54) is 0 Å². The molecule has 1 aromatic rings. The van der Waals surface area contributed by atoms with Crippen molar-refractivity contribution in [1.29, 1.82) is 0 Å². The van der Waals surface area contributed by atoms with Crippen LogP contribution >= 0.6 is 0 Å². The second kappa shape index (κ2) is 7.34. The molecule has 102 valence electrons. The van der Waals surface area contributed by atoms with Gasteiger partial charge in [-0.2, -0.15) is 0 Å². The molecule has 2 unspecified atom stereocenters. The maximum atomic E-state index is 6.23. The zero-order valence-electron chi connectivity index (χ0n) is 11.7. The van der Waals surface area contributed by atoms with Crippen LogP contribution in [0.1, 0.15) is 38.8 Å². The van der Waals surface area contributed by atoms with E-state index in [2.05, 4.69) is 25.8 Å². The molecule has 0 aliphatic rings. The summed E-state index contributed by atoms with van der Waals surface area (Å²) in [6, 6.07) is 1.76. The van der Waals surface area contributed by atoms with Gasteiger partial charge in [0.1, 0.15) is 5.75 Å². The van der Waals surface area contributed by atoms with E-state index in [-0.39, 0.29) is 12.1 Å². The molecule has 1 aromatic heterocycles. The Labute approximate surface area is 110 Å². The maximum Gasteiger partial charge on any atom is 0.137 e. The molecule has 0 saturated heterocycles. The van der Waals surface area contributed by atoms with Crippen LogP contribution in [0.3, 0.4) is 0 Å². The SMILES string of the molecule is CCCOc1cncc(C(N)C(OC)C(C)C)c1. The highest BCUT2D eigenvalue weighted by Crippen LogP contribution is 2.24. The minimum absolute atomic E-state index is 0.0202. The molecule has 0 aromatic carbocycles. The van der Waals surface area contributed by atoms with Crippen LogP contribution in [-0.2, 0) is 4.74 Å². The van der Waals surface area contributed by atoms with Crippen LogP contribution in [0.4, 0.5) is 0 Å². The van der Waals surface area contributed by atoms with E-state index in [4.69, 9.17) is 15.2 Å². The number of pyridine rings is 1. The number of hydrogen-bond acceptors (Lipinski definition) is 4. The third-order valence-electron chi connectivity index (χ3n) is 2.88. The van der Waals surface area contributed by atoms with Gasteiger partial charge < -0.3 is 15.2 Å². The molecule has 0 aliphatic heterocycles. The van der Waals surface area contributed by atoms with E-state index in [0.717, 1.165) is 17.7 Å². The predicted octanol–water partition coefficient (Wildman–Crippen LogP) is 2.54. The van der Waals surface area contributed by atoms with Gasteiger partial charge in [-0.1, -0.05) is 20.8 Å². The Morgan fingerprint density at radius 1 is 1.33 bits per heavy atom. The number of nitrogens with two attached hydrogens (primary N) is 1. The molecule has 0 bridgehead atoms. The number of hydrogen-bond donors (Lipinski definition) is 1. The van der Waals surface area contributed by atoms with Gasteiger partial charge >= 0.3 is 0 Å². The van der Waals surface area contributed by atoms with Crippen molar-refractivity contribution in [2.45, 2.75) is 39.3 Å². The quantitative estimate of drug-likeness (QED) is 0.810. The Hall–Kier alpha value is -1.13. The number of rotatable bonds is 7.